The van der Waals surface area contributed by atoms with Crippen LogP contribution in [0.1, 0.15) is 18.9 Å². The highest BCUT2D eigenvalue weighted by molar-refractivity contribution is 5.69. The highest BCUT2D eigenvalue weighted by Gasteiger charge is 1.98. The Bertz CT molecular complexity index is 509. The van der Waals surface area contributed by atoms with Gasteiger partial charge in [-0.05, 0) is 42.2 Å². The first-order chi connectivity index (χ1) is 8.81. The highest BCUT2D eigenvalue weighted by atomic mass is 14.5. The molecule has 0 aromatic heterocycles. The van der Waals surface area contributed by atoms with E-state index in [1.165, 1.54) is 22.3 Å². The Hall–Kier alpha value is -1.86. The lowest BCUT2D eigenvalue weighted by molar-refractivity contribution is 1.01. The molecule has 2 N–H and O–H groups in total. The Morgan fingerprint density at radius 3 is 2.17 bits per heavy atom. The molecule has 0 atom stereocenters. The molecular weight excluding hydrogens is 218 g/mol. The summed E-state index contributed by atoms with van der Waals surface area (Å²) in [5, 5.41) is 0. The summed E-state index contributed by atoms with van der Waals surface area (Å²) in [6, 6.07) is 19.1. The number of nitrogens with two attached hydrogens (primary N) is 1. The normalized spacial score (nSPS) is 11.6. The number of benzene rings is 2. The van der Waals surface area contributed by atoms with Gasteiger partial charge in [-0.25, -0.2) is 0 Å². The van der Waals surface area contributed by atoms with Crippen molar-refractivity contribution in [1.29, 1.82) is 0 Å². The summed E-state index contributed by atoms with van der Waals surface area (Å²) < 4.78 is 0. The van der Waals surface area contributed by atoms with Gasteiger partial charge in [0.15, 0.2) is 0 Å². The second-order valence-corrected chi connectivity index (χ2v) is 4.41. The maximum absolute atomic E-state index is 5.51. The maximum atomic E-state index is 5.51. The van der Waals surface area contributed by atoms with Crippen LogP contribution in [0.3, 0.4) is 0 Å². The predicted molar refractivity (Wildman–Crippen MR) is 79.2 cm³/mol. The van der Waals surface area contributed by atoms with Gasteiger partial charge >= 0.3 is 0 Å². The number of hydrogen-bond donors (Lipinski definition) is 1. The van der Waals surface area contributed by atoms with Gasteiger partial charge in [-0.3, -0.25) is 0 Å². The minimum atomic E-state index is 0.708. The maximum Gasteiger partial charge on any atom is -0.00424 e. The molecule has 0 heterocycles. The molecule has 2 aromatic rings. The minimum Gasteiger partial charge on any atom is -0.330 e. The van der Waals surface area contributed by atoms with Crippen LogP contribution in [0.4, 0.5) is 0 Å². The molecule has 1 heteroatoms. The van der Waals surface area contributed by atoms with Crippen molar-refractivity contribution in [2.75, 3.05) is 6.54 Å². The molecule has 0 saturated carbocycles. The highest BCUT2D eigenvalue weighted by Crippen LogP contribution is 2.22. The van der Waals surface area contributed by atoms with Crippen molar-refractivity contribution in [1.82, 2.24) is 0 Å². The van der Waals surface area contributed by atoms with Crippen molar-refractivity contribution in [2.45, 2.75) is 13.3 Å². The average Bonchev–Trinajstić information content (AvgIpc) is 2.46. The number of rotatable bonds is 4. The van der Waals surface area contributed by atoms with Crippen LogP contribution in [0.25, 0.3) is 16.7 Å². The number of allylic oxidation sites excluding steroid dienone is 1. The number of hydrogen-bond acceptors (Lipinski definition) is 1. The summed E-state index contributed by atoms with van der Waals surface area (Å²) in [7, 11) is 0. The van der Waals surface area contributed by atoms with Gasteiger partial charge in [0.2, 0.25) is 0 Å². The molecule has 0 spiro atoms. The van der Waals surface area contributed by atoms with Crippen LogP contribution in [-0.4, -0.2) is 6.54 Å². The zero-order chi connectivity index (χ0) is 12.8. The van der Waals surface area contributed by atoms with E-state index in [2.05, 4.69) is 61.5 Å². The Kier molecular flexibility index (Phi) is 4.32. The molecule has 0 fully saturated rings. The molecule has 0 bridgehead atoms. The van der Waals surface area contributed by atoms with Crippen LogP contribution in [-0.2, 0) is 0 Å². The molecule has 18 heavy (non-hydrogen) atoms. The summed E-state index contributed by atoms with van der Waals surface area (Å²) >= 11 is 0. The van der Waals surface area contributed by atoms with Crippen LogP contribution in [0, 0.1) is 0 Å². The fraction of sp³-hybridized carbons (Fsp3) is 0.176. The third-order valence-corrected chi connectivity index (χ3v) is 3.06. The first-order valence-corrected chi connectivity index (χ1v) is 6.34. The Morgan fingerprint density at radius 2 is 1.56 bits per heavy atom. The molecule has 0 amide bonds. The molecule has 1 nitrogen and oxygen atoms in total. The topological polar surface area (TPSA) is 26.0 Å². The molecule has 0 unspecified atom stereocenters. The molecule has 2 rings (SSSR count). The van der Waals surface area contributed by atoms with E-state index in [1.807, 2.05) is 6.07 Å². The van der Waals surface area contributed by atoms with E-state index in [-0.39, 0.29) is 0 Å². The van der Waals surface area contributed by atoms with Gasteiger partial charge < -0.3 is 5.73 Å². The van der Waals surface area contributed by atoms with Crippen LogP contribution in [0.5, 0.6) is 0 Å². The minimum absolute atomic E-state index is 0.708. The van der Waals surface area contributed by atoms with E-state index < -0.39 is 0 Å². The lowest BCUT2D eigenvalue weighted by Gasteiger charge is -2.05. The second-order valence-electron chi connectivity index (χ2n) is 4.41. The van der Waals surface area contributed by atoms with E-state index in [4.69, 9.17) is 5.73 Å². The van der Waals surface area contributed by atoms with Crippen LogP contribution < -0.4 is 5.73 Å². The van der Waals surface area contributed by atoms with E-state index >= 15 is 0 Å². The quantitative estimate of drug-likeness (QED) is 0.851. The average molecular weight is 237 g/mol. The van der Waals surface area contributed by atoms with Crippen molar-refractivity contribution < 1.29 is 0 Å². The van der Waals surface area contributed by atoms with Crippen LogP contribution in [0.15, 0.2) is 60.7 Å². The molecular formula is C17H19N. The largest absolute Gasteiger partial charge is 0.330 e. The monoisotopic (exact) mass is 237 g/mol. The lowest BCUT2D eigenvalue weighted by Crippen LogP contribution is -1.95. The summed E-state index contributed by atoms with van der Waals surface area (Å²) in [5.41, 5.74) is 10.6. The standard InChI is InChI=1S/C17H19N/c1-14(6-5-13-18)15-9-11-17(12-10-15)16-7-3-2-4-8-16/h2-4,6-12H,5,13,18H2,1H3/b14-6+. The summed E-state index contributed by atoms with van der Waals surface area (Å²) in [6.45, 7) is 2.84. The molecule has 0 saturated heterocycles. The molecule has 2 aromatic carbocycles. The van der Waals surface area contributed by atoms with Gasteiger partial charge in [-0.2, -0.15) is 0 Å². The summed E-state index contributed by atoms with van der Waals surface area (Å²) in [4.78, 5) is 0. The predicted octanol–water partition coefficient (Wildman–Crippen LogP) is 4.11. The first-order valence-electron chi connectivity index (χ1n) is 6.34. The molecule has 92 valence electrons. The Labute approximate surface area is 109 Å². The Morgan fingerprint density at radius 1 is 0.944 bits per heavy atom. The molecule has 0 aliphatic heterocycles. The third kappa shape index (κ3) is 3.08. The van der Waals surface area contributed by atoms with Crippen molar-refractivity contribution >= 4 is 5.57 Å². The summed E-state index contributed by atoms with van der Waals surface area (Å²) in [5.74, 6) is 0. The molecule has 0 aliphatic carbocycles. The Balaban J connectivity index is 2.20. The van der Waals surface area contributed by atoms with E-state index in [9.17, 15) is 0 Å². The van der Waals surface area contributed by atoms with Crippen LogP contribution >= 0.6 is 0 Å². The fourth-order valence-electron chi connectivity index (χ4n) is 1.97. The van der Waals surface area contributed by atoms with Crippen molar-refractivity contribution in [2.24, 2.45) is 5.73 Å². The van der Waals surface area contributed by atoms with Gasteiger partial charge in [0.25, 0.3) is 0 Å². The smallest absolute Gasteiger partial charge is 0.00424 e. The van der Waals surface area contributed by atoms with Gasteiger partial charge in [-0.15, -0.1) is 0 Å². The van der Waals surface area contributed by atoms with E-state index in [0.29, 0.717) is 6.54 Å². The second kappa shape index (κ2) is 6.18. The van der Waals surface area contributed by atoms with Crippen LogP contribution in [0.2, 0.25) is 0 Å². The molecule has 0 aliphatic rings. The van der Waals surface area contributed by atoms with Gasteiger partial charge in [0, 0.05) is 0 Å². The summed E-state index contributed by atoms with van der Waals surface area (Å²) in [6.07, 6.45) is 3.13. The van der Waals surface area contributed by atoms with E-state index in [1.54, 1.807) is 0 Å². The SMILES string of the molecule is C/C(=C\CCN)c1ccc(-c2ccccc2)cc1. The molecule has 0 radical (unpaired) electrons. The lowest BCUT2D eigenvalue weighted by atomic mass is 10.0. The van der Waals surface area contributed by atoms with Gasteiger partial charge in [-0.1, -0.05) is 60.7 Å². The zero-order valence-corrected chi connectivity index (χ0v) is 10.8. The van der Waals surface area contributed by atoms with Gasteiger partial charge in [0.05, 0.1) is 0 Å². The fourth-order valence-corrected chi connectivity index (χ4v) is 1.97. The van der Waals surface area contributed by atoms with Crippen molar-refractivity contribution in [3.05, 3.63) is 66.2 Å². The van der Waals surface area contributed by atoms with Crippen molar-refractivity contribution in [3.63, 3.8) is 0 Å². The van der Waals surface area contributed by atoms with E-state index in [0.717, 1.165) is 6.42 Å². The first kappa shape index (κ1) is 12.6. The van der Waals surface area contributed by atoms with Gasteiger partial charge in [0.1, 0.15) is 0 Å². The van der Waals surface area contributed by atoms with Crippen molar-refractivity contribution in [3.8, 4) is 11.1 Å². The third-order valence-electron chi connectivity index (χ3n) is 3.06. The zero-order valence-electron chi connectivity index (χ0n) is 10.8.